The zero-order valence-electron chi connectivity index (χ0n) is 23.8. The predicted octanol–water partition coefficient (Wildman–Crippen LogP) is 5.00. The van der Waals surface area contributed by atoms with Gasteiger partial charge in [-0.3, -0.25) is 9.59 Å². The third kappa shape index (κ3) is 9.93. The van der Waals surface area contributed by atoms with E-state index in [2.05, 4.69) is 13.0 Å². The molecule has 7 nitrogen and oxygen atoms in total. The molecular formula is C30H47FO7. The second-order valence-corrected chi connectivity index (χ2v) is 11.1. The Bertz CT molecular complexity index is 865. The average Bonchev–Trinajstić information content (AvgIpc) is 3.60. The van der Waals surface area contributed by atoms with Crippen LogP contribution in [0, 0.1) is 17.8 Å². The SMILES string of the molecule is CCC(O)C(CO)C1OC1CC(C)/C=C/C=C(\C)C1OC(=O)CCCCC(C)(F)C(OC(C)=O)/C=C/C1C. The molecule has 216 valence electrons. The van der Waals surface area contributed by atoms with Gasteiger partial charge in [0.2, 0.25) is 0 Å². The van der Waals surface area contributed by atoms with Crippen LogP contribution in [0.25, 0.3) is 0 Å². The number of ether oxygens (including phenoxy) is 3. The third-order valence-corrected chi connectivity index (χ3v) is 7.53. The third-order valence-electron chi connectivity index (χ3n) is 7.53. The van der Waals surface area contributed by atoms with Gasteiger partial charge in [0.1, 0.15) is 11.8 Å². The minimum absolute atomic E-state index is 0.0156. The molecule has 2 heterocycles. The van der Waals surface area contributed by atoms with Crippen molar-refractivity contribution in [3.05, 3.63) is 36.0 Å². The first kappa shape index (κ1) is 32.2. The van der Waals surface area contributed by atoms with E-state index in [1.807, 2.05) is 32.9 Å². The molecule has 0 spiro atoms. The maximum atomic E-state index is 15.3. The van der Waals surface area contributed by atoms with Crippen LogP contribution in [0.15, 0.2) is 36.0 Å². The molecule has 0 aromatic heterocycles. The Morgan fingerprint density at radius 1 is 1.32 bits per heavy atom. The topological polar surface area (TPSA) is 106 Å². The monoisotopic (exact) mass is 538 g/mol. The Morgan fingerprint density at radius 3 is 2.66 bits per heavy atom. The summed E-state index contributed by atoms with van der Waals surface area (Å²) in [6.45, 7) is 10.3. The number of alkyl halides is 1. The van der Waals surface area contributed by atoms with E-state index < -0.39 is 29.9 Å². The van der Waals surface area contributed by atoms with E-state index in [0.717, 1.165) is 12.0 Å². The number of aliphatic hydroxyl groups excluding tert-OH is 2. The van der Waals surface area contributed by atoms with Crippen LogP contribution in [-0.2, 0) is 23.8 Å². The number of rotatable bonds is 10. The summed E-state index contributed by atoms with van der Waals surface area (Å²) in [4.78, 5) is 24.1. The maximum Gasteiger partial charge on any atom is 0.306 e. The van der Waals surface area contributed by atoms with Crippen molar-refractivity contribution in [2.45, 2.75) is 116 Å². The summed E-state index contributed by atoms with van der Waals surface area (Å²) in [5, 5.41) is 19.7. The first-order valence-electron chi connectivity index (χ1n) is 13.9. The van der Waals surface area contributed by atoms with E-state index in [1.54, 1.807) is 12.2 Å². The molecule has 0 aromatic rings. The molecule has 0 bridgehead atoms. The number of carbonyl (C=O) groups excluding carboxylic acids is 2. The van der Waals surface area contributed by atoms with Gasteiger partial charge in [0, 0.05) is 25.2 Å². The quantitative estimate of drug-likeness (QED) is 0.175. The van der Waals surface area contributed by atoms with Gasteiger partial charge in [-0.05, 0) is 63.5 Å². The molecule has 0 radical (unpaired) electrons. The molecular weight excluding hydrogens is 491 g/mol. The van der Waals surface area contributed by atoms with E-state index in [4.69, 9.17) is 14.2 Å². The second kappa shape index (κ2) is 14.9. The van der Waals surface area contributed by atoms with Crippen molar-refractivity contribution < 1.29 is 38.4 Å². The summed E-state index contributed by atoms with van der Waals surface area (Å²) in [6.07, 6.45) is 9.69. The molecule has 2 N–H and O–H groups in total. The Labute approximate surface area is 227 Å². The lowest BCUT2D eigenvalue weighted by atomic mass is 9.90. The van der Waals surface area contributed by atoms with Gasteiger partial charge in [0.15, 0.2) is 6.10 Å². The number of allylic oxidation sites excluding steroid dienone is 3. The van der Waals surface area contributed by atoms with Gasteiger partial charge in [-0.2, -0.15) is 0 Å². The highest BCUT2D eigenvalue weighted by Gasteiger charge is 2.46. The summed E-state index contributed by atoms with van der Waals surface area (Å²) < 4.78 is 32.2. The van der Waals surface area contributed by atoms with Gasteiger partial charge in [-0.1, -0.05) is 45.1 Å². The van der Waals surface area contributed by atoms with E-state index in [0.29, 0.717) is 19.3 Å². The predicted molar refractivity (Wildman–Crippen MR) is 144 cm³/mol. The van der Waals surface area contributed by atoms with Crippen molar-refractivity contribution in [1.29, 1.82) is 0 Å². The van der Waals surface area contributed by atoms with Crippen LogP contribution < -0.4 is 0 Å². The summed E-state index contributed by atoms with van der Waals surface area (Å²) in [6, 6.07) is 0. The van der Waals surface area contributed by atoms with Crippen LogP contribution in [0.2, 0.25) is 0 Å². The maximum absolute atomic E-state index is 15.3. The van der Waals surface area contributed by atoms with Gasteiger partial charge < -0.3 is 24.4 Å². The number of aliphatic hydroxyl groups is 2. The minimum Gasteiger partial charge on any atom is -0.457 e. The first-order valence-corrected chi connectivity index (χ1v) is 13.9. The molecule has 2 aliphatic heterocycles. The lowest BCUT2D eigenvalue weighted by Gasteiger charge is -2.29. The molecule has 8 heteroatoms. The molecule has 9 atom stereocenters. The first-order chi connectivity index (χ1) is 17.9. The zero-order valence-corrected chi connectivity index (χ0v) is 23.8. The fraction of sp³-hybridized carbons (Fsp3) is 0.733. The van der Waals surface area contributed by atoms with Crippen molar-refractivity contribution in [3.8, 4) is 0 Å². The van der Waals surface area contributed by atoms with E-state index >= 15 is 4.39 Å². The smallest absolute Gasteiger partial charge is 0.306 e. The number of halogens is 1. The Morgan fingerprint density at radius 2 is 2.03 bits per heavy atom. The number of hydrogen-bond acceptors (Lipinski definition) is 7. The fourth-order valence-corrected chi connectivity index (χ4v) is 5.02. The highest BCUT2D eigenvalue weighted by Crippen LogP contribution is 2.36. The summed E-state index contributed by atoms with van der Waals surface area (Å²) in [7, 11) is 0. The van der Waals surface area contributed by atoms with E-state index in [1.165, 1.54) is 13.8 Å². The van der Waals surface area contributed by atoms with Crippen LogP contribution >= 0.6 is 0 Å². The number of hydrogen-bond donors (Lipinski definition) is 2. The van der Waals surface area contributed by atoms with Crippen molar-refractivity contribution in [2.24, 2.45) is 17.8 Å². The van der Waals surface area contributed by atoms with Crippen molar-refractivity contribution in [2.75, 3.05) is 6.61 Å². The minimum atomic E-state index is -1.74. The fourth-order valence-electron chi connectivity index (χ4n) is 5.02. The van der Waals surface area contributed by atoms with Crippen LogP contribution in [0.5, 0.6) is 0 Å². The summed E-state index contributed by atoms with van der Waals surface area (Å²) in [5.74, 6) is -1.18. The van der Waals surface area contributed by atoms with Gasteiger partial charge >= 0.3 is 11.9 Å². The number of epoxide rings is 1. The van der Waals surface area contributed by atoms with Crippen LogP contribution in [0.3, 0.4) is 0 Å². The summed E-state index contributed by atoms with van der Waals surface area (Å²) >= 11 is 0. The van der Waals surface area contributed by atoms with E-state index in [-0.39, 0.29) is 55.4 Å². The molecule has 1 fully saturated rings. The Kier molecular flexibility index (Phi) is 12.7. The van der Waals surface area contributed by atoms with Gasteiger partial charge in [0.25, 0.3) is 0 Å². The van der Waals surface area contributed by atoms with Crippen LogP contribution in [0.1, 0.15) is 80.1 Å². The van der Waals surface area contributed by atoms with Crippen molar-refractivity contribution >= 4 is 11.9 Å². The van der Waals surface area contributed by atoms with Crippen LogP contribution in [-0.4, -0.2) is 64.9 Å². The Balaban J connectivity index is 2.08. The molecule has 0 amide bonds. The largest absolute Gasteiger partial charge is 0.457 e. The molecule has 0 aromatic carbocycles. The Hall–Kier alpha value is -2.03. The normalized spacial score (nSPS) is 34.4. The molecule has 1 saturated heterocycles. The number of carbonyl (C=O) groups is 2. The number of esters is 2. The number of cyclic esters (lactones) is 1. The van der Waals surface area contributed by atoms with Gasteiger partial charge in [0.05, 0.1) is 24.9 Å². The zero-order chi connectivity index (χ0) is 28.5. The van der Waals surface area contributed by atoms with Gasteiger partial charge in [-0.15, -0.1) is 0 Å². The summed E-state index contributed by atoms with van der Waals surface area (Å²) in [5.41, 5.74) is -0.893. The molecule has 9 unspecified atom stereocenters. The van der Waals surface area contributed by atoms with Gasteiger partial charge in [-0.25, -0.2) is 4.39 Å². The van der Waals surface area contributed by atoms with Crippen molar-refractivity contribution in [3.63, 3.8) is 0 Å². The standard InChI is InChI=1S/C30H47FO7/c1-7-24(34)23(18-32)29-25(37-29)17-19(2)11-10-12-20(3)28-21(4)14-15-26(36-22(5)33)30(6,31)16-9-8-13-27(35)38-28/h10-12,14-15,19,21,23-26,28-29,32,34H,7-9,13,16-18H2,1-6H3/b11-10+,15-14+,20-12+. The highest BCUT2D eigenvalue weighted by molar-refractivity contribution is 5.70. The highest BCUT2D eigenvalue weighted by atomic mass is 19.1. The molecule has 0 aliphatic carbocycles. The lowest BCUT2D eigenvalue weighted by molar-refractivity contribution is -0.151. The van der Waals surface area contributed by atoms with Crippen molar-refractivity contribution in [1.82, 2.24) is 0 Å². The molecule has 2 aliphatic rings. The molecule has 38 heavy (non-hydrogen) atoms. The lowest BCUT2D eigenvalue weighted by Crippen LogP contribution is -2.37. The average molecular weight is 539 g/mol. The molecule has 0 saturated carbocycles. The molecule has 2 rings (SSSR count). The van der Waals surface area contributed by atoms with Crippen LogP contribution in [0.4, 0.5) is 4.39 Å². The van der Waals surface area contributed by atoms with E-state index in [9.17, 15) is 19.8 Å². The second-order valence-electron chi connectivity index (χ2n) is 11.1.